The molecule has 2 aliphatic rings. The summed E-state index contributed by atoms with van der Waals surface area (Å²) in [6.07, 6.45) is 2.27. The molecule has 2 rings (SSSR count). The topological polar surface area (TPSA) is 177 Å². The summed E-state index contributed by atoms with van der Waals surface area (Å²) in [5, 5.41) is 31.3. The van der Waals surface area contributed by atoms with Gasteiger partial charge in [-0.2, -0.15) is 0 Å². The minimum Gasteiger partial charge on any atom is -0.505 e. The molecule has 0 radical (unpaired) electrons. The number of amides is 1. The normalized spacial score (nSPS) is 13.1. The lowest BCUT2D eigenvalue weighted by Crippen LogP contribution is -2.43. The van der Waals surface area contributed by atoms with Crippen LogP contribution in [0.1, 0.15) is 83.1 Å². The molecule has 0 aromatic heterocycles. The van der Waals surface area contributed by atoms with Crippen LogP contribution >= 0.6 is 24.0 Å². The van der Waals surface area contributed by atoms with Crippen molar-refractivity contribution in [2.75, 3.05) is 53.4 Å². The molecule has 1 aliphatic heterocycles. The number of rotatable bonds is 11. The van der Waals surface area contributed by atoms with Gasteiger partial charge in [0.15, 0.2) is 11.5 Å². The number of aliphatic hydroxyl groups is 1. The molecule has 1 heterocycles. The zero-order valence-corrected chi connectivity index (χ0v) is 31.0. The summed E-state index contributed by atoms with van der Waals surface area (Å²) in [4.78, 5) is 57.9. The lowest BCUT2D eigenvalue weighted by atomic mass is 9.96. The predicted molar refractivity (Wildman–Crippen MR) is 196 cm³/mol. The molecule has 1 aliphatic carbocycles. The molecule has 1 fully saturated rings. The van der Waals surface area contributed by atoms with Crippen LogP contribution in [-0.4, -0.2) is 112 Å². The van der Waals surface area contributed by atoms with Crippen molar-refractivity contribution in [1.82, 2.24) is 20.4 Å². The minimum atomic E-state index is -1.02. The summed E-state index contributed by atoms with van der Waals surface area (Å²) in [6.45, 7) is 23.9. The maximum absolute atomic E-state index is 11.2. The number of allylic oxidation sites excluding steroid dienone is 4. The van der Waals surface area contributed by atoms with E-state index in [0.717, 1.165) is 9.10 Å². The highest BCUT2D eigenvalue weighted by molar-refractivity contribution is 8.27. The predicted octanol–water partition coefficient (Wildman–Crippen LogP) is 5.30. The van der Waals surface area contributed by atoms with Gasteiger partial charge < -0.3 is 26.0 Å². The lowest BCUT2D eigenvalue weighted by molar-refractivity contribution is -0.140. The monoisotopic (exact) mass is 694 g/mol. The average molecular weight is 695 g/mol. The van der Waals surface area contributed by atoms with E-state index in [9.17, 15) is 24.0 Å². The Bertz CT molecular complexity index is 983. The number of ketones is 2. The van der Waals surface area contributed by atoms with Crippen molar-refractivity contribution in [2.45, 2.75) is 83.1 Å². The highest BCUT2D eigenvalue weighted by Crippen LogP contribution is 2.29. The Morgan fingerprint density at radius 2 is 1.35 bits per heavy atom. The SMILES string of the molecule is C.C/C=C1\SC(=S)CC1=O.C=C1C(=O)C(NC)=C1O.CC.CC.CC.CC.CCN(CCN(CC(=O)O)CC(=O)NC)CC(=O)O. The Balaban J connectivity index is -0.000000124. The first-order valence-electron chi connectivity index (χ1n) is 15.1. The van der Waals surface area contributed by atoms with Gasteiger partial charge in [-0.25, -0.2) is 0 Å². The molecule has 270 valence electrons. The molecule has 0 bridgehead atoms. The number of hydrogen-bond donors (Lipinski definition) is 5. The Labute approximate surface area is 287 Å². The number of thioether (sulfide) groups is 1. The quantitative estimate of drug-likeness (QED) is 0.139. The molecule has 14 heteroatoms. The van der Waals surface area contributed by atoms with E-state index in [-0.39, 0.29) is 61.6 Å². The Hall–Kier alpha value is -3.07. The third kappa shape index (κ3) is 26.2. The van der Waals surface area contributed by atoms with Gasteiger partial charge in [-0.05, 0) is 13.5 Å². The number of carboxylic acid groups (broad SMARTS) is 2. The Morgan fingerprint density at radius 3 is 1.61 bits per heavy atom. The molecule has 1 amide bonds. The average Bonchev–Trinajstić information content (AvgIpc) is 3.39. The van der Waals surface area contributed by atoms with Gasteiger partial charge >= 0.3 is 11.9 Å². The van der Waals surface area contributed by atoms with E-state index in [1.54, 1.807) is 11.9 Å². The van der Waals surface area contributed by atoms with Crippen molar-refractivity contribution in [2.24, 2.45) is 0 Å². The van der Waals surface area contributed by atoms with Crippen LogP contribution in [-0.2, 0) is 24.0 Å². The first kappa shape index (κ1) is 55.3. The number of hydrogen-bond acceptors (Lipinski definition) is 11. The summed E-state index contributed by atoms with van der Waals surface area (Å²) < 4.78 is 0.799. The number of carboxylic acids is 2. The molecule has 1 saturated heterocycles. The van der Waals surface area contributed by atoms with Gasteiger partial charge in [0.25, 0.3) is 0 Å². The molecule has 12 nitrogen and oxygen atoms in total. The van der Waals surface area contributed by atoms with Crippen LogP contribution in [0, 0.1) is 0 Å². The molecular weight excluding hydrogens is 633 g/mol. The molecule has 0 aromatic carbocycles. The number of carbonyl (C=O) groups is 5. The van der Waals surface area contributed by atoms with Crippen LogP contribution in [0.4, 0.5) is 0 Å². The number of thiocarbonyl (C=S) groups is 1. The Morgan fingerprint density at radius 1 is 0.913 bits per heavy atom. The number of aliphatic carboxylic acids is 2. The third-order valence-corrected chi connectivity index (χ3v) is 6.33. The van der Waals surface area contributed by atoms with E-state index in [4.69, 9.17) is 27.5 Å². The second kappa shape index (κ2) is 36.4. The van der Waals surface area contributed by atoms with Crippen molar-refractivity contribution in [3.8, 4) is 0 Å². The number of nitrogens with zero attached hydrogens (tertiary/aromatic N) is 2. The van der Waals surface area contributed by atoms with Gasteiger partial charge in [0.1, 0.15) is 5.70 Å². The molecule has 5 N–H and O–H groups in total. The molecular formula is C32H62N4O8S2. The third-order valence-electron chi connectivity index (χ3n) is 4.88. The zero-order chi connectivity index (χ0) is 36.7. The first-order valence-corrected chi connectivity index (χ1v) is 16.4. The van der Waals surface area contributed by atoms with Crippen LogP contribution in [0.15, 0.2) is 34.6 Å². The van der Waals surface area contributed by atoms with Crippen LogP contribution in [0.3, 0.4) is 0 Å². The van der Waals surface area contributed by atoms with E-state index >= 15 is 0 Å². The molecule has 0 spiro atoms. The summed E-state index contributed by atoms with van der Waals surface area (Å²) in [6, 6.07) is 0. The van der Waals surface area contributed by atoms with Crippen LogP contribution in [0.25, 0.3) is 0 Å². The maximum Gasteiger partial charge on any atom is 0.317 e. The maximum atomic E-state index is 11.2. The van der Waals surface area contributed by atoms with Gasteiger partial charge in [-0.3, -0.25) is 33.8 Å². The summed E-state index contributed by atoms with van der Waals surface area (Å²) >= 11 is 6.26. The van der Waals surface area contributed by atoms with Crippen molar-refractivity contribution in [1.29, 1.82) is 0 Å². The summed E-state index contributed by atoms with van der Waals surface area (Å²) in [5.74, 6) is -2.27. The Kier molecular flexibility index (Phi) is 43.8. The highest BCUT2D eigenvalue weighted by atomic mass is 32.2. The number of likely N-dealkylation sites (N-methyl/N-ethyl adjacent to an activating group) is 3. The van der Waals surface area contributed by atoms with Gasteiger partial charge in [0.2, 0.25) is 11.7 Å². The summed E-state index contributed by atoms with van der Waals surface area (Å²) in [7, 11) is 3.06. The second-order valence-corrected chi connectivity index (χ2v) is 9.44. The van der Waals surface area contributed by atoms with Gasteiger partial charge in [0.05, 0.1) is 40.7 Å². The van der Waals surface area contributed by atoms with E-state index in [2.05, 4.69) is 17.2 Å². The van der Waals surface area contributed by atoms with E-state index in [1.807, 2.05) is 75.3 Å². The van der Waals surface area contributed by atoms with Crippen molar-refractivity contribution < 1.29 is 39.3 Å². The van der Waals surface area contributed by atoms with Crippen LogP contribution in [0.5, 0.6) is 0 Å². The molecule has 0 saturated carbocycles. The van der Waals surface area contributed by atoms with Crippen LogP contribution in [0.2, 0.25) is 0 Å². The smallest absolute Gasteiger partial charge is 0.317 e. The summed E-state index contributed by atoms with van der Waals surface area (Å²) in [5.41, 5.74) is 0.458. The highest BCUT2D eigenvalue weighted by Gasteiger charge is 2.30. The number of Topliss-reactive ketones (excluding diaryl/α,β-unsaturated/α-hetero) is 2. The van der Waals surface area contributed by atoms with Crippen molar-refractivity contribution >= 4 is 57.6 Å². The molecule has 46 heavy (non-hydrogen) atoms. The fourth-order valence-corrected chi connectivity index (χ4v) is 4.00. The van der Waals surface area contributed by atoms with Crippen molar-refractivity contribution in [3.63, 3.8) is 0 Å². The fraction of sp³-hybridized carbons (Fsp3) is 0.625. The second-order valence-electron chi connectivity index (χ2n) is 7.55. The first-order chi connectivity index (χ1) is 21.3. The van der Waals surface area contributed by atoms with Crippen LogP contribution < -0.4 is 10.6 Å². The number of aliphatic hydroxyl groups excluding tert-OH is 1. The van der Waals surface area contributed by atoms with Gasteiger partial charge in [-0.1, -0.05) is 106 Å². The number of carbonyl (C=O) groups excluding carboxylic acids is 3. The lowest BCUT2D eigenvalue weighted by Gasteiger charge is -2.24. The number of nitrogens with one attached hydrogen (secondary N) is 2. The fourth-order valence-electron chi connectivity index (χ4n) is 2.85. The van der Waals surface area contributed by atoms with E-state index in [1.165, 1.54) is 23.7 Å². The van der Waals surface area contributed by atoms with E-state index in [0.29, 0.717) is 26.1 Å². The molecule has 0 aromatic rings. The van der Waals surface area contributed by atoms with E-state index < -0.39 is 11.9 Å². The molecule has 0 atom stereocenters. The zero-order valence-electron chi connectivity index (χ0n) is 29.3. The largest absolute Gasteiger partial charge is 0.505 e. The van der Waals surface area contributed by atoms with Gasteiger partial charge in [-0.15, -0.1) is 0 Å². The van der Waals surface area contributed by atoms with Gasteiger partial charge in [0, 0.05) is 27.2 Å². The molecule has 0 unspecified atom stereocenters. The minimum absolute atomic E-state index is 0. The van der Waals surface area contributed by atoms with Crippen molar-refractivity contribution in [3.05, 3.63) is 34.6 Å². The standard InChI is InChI=1S/C11H21N3O5.C6H7NO2.C6H6OS2.4C2H6.CH4/c1-3-13(7-10(16)17)4-5-14(8-11(18)19)6-9(15)12-2;1-3-5(8)4(7-2)6(3)9;1-2-5-4(7)3-6(8)9-5;4*1-2;/h3-8H2,1-2H3,(H,12,15)(H,16,17)(H,18,19);7-8H,1H2,2H3;2H,3H2,1H3;4*1-2H3;1H4/b;;5-2-;;;;;.